The first-order chi connectivity index (χ1) is 17.8. The second-order valence-electron chi connectivity index (χ2n) is 7.94. The molecule has 1 aliphatic rings. The Balaban J connectivity index is 1.61. The lowest BCUT2D eigenvalue weighted by molar-refractivity contribution is -0.137. The fraction of sp³-hybridized carbons (Fsp3) is 0.250. The van der Waals surface area contributed by atoms with Crippen LogP contribution in [0.25, 0.3) is 0 Å². The van der Waals surface area contributed by atoms with Crippen LogP contribution in [-0.2, 0) is 11.0 Å². The van der Waals surface area contributed by atoms with Crippen LogP contribution in [0, 0.1) is 0 Å². The van der Waals surface area contributed by atoms with E-state index >= 15 is 0 Å². The number of carbonyl (C=O) groups is 1. The molecule has 1 fully saturated rings. The van der Waals surface area contributed by atoms with Crippen LogP contribution >= 0.6 is 0 Å². The van der Waals surface area contributed by atoms with Crippen molar-refractivity contribution in [2.75, 3.05) is 54.1 Å². The van der Waals surface area contributed by atoms with Gasteiger partial charge in [0, 0.05) is 43.8 Å². The molecule has 1 amide bonds. The second kappa shape index (κ2) is 11.1. The number of rotatable bonds is 8. The van der Waals surface area contributed by atoms with E-state index < -0.39 is 23.5 Å². The van der Waals surface area contributed by atoms with Gasteiger partial charge in [-0.05, 0) is 36.4 Å². The Morgan fingerprint density at radius 1 is 1.14 bits per heavy atom. The Bertz CT molecular complexity index is 1280. The summed E-state index contributed by atoms with van der Waals surface area (Å²) in [6, 6.07) is 9.68. The molecule has 0 unspecified atom stereocenters. The zero-order valence-corrected chi connectivity index (χ0v) is 19.9. The van der Waals surface area contributed by atoms with Gasteiger partial charge in [-0.1, -0.05) is 12.6 Å². The van der Waals surface area contributed by atoms with Crippen molar-refractivity contribution in [3.05, 3.63) is 60.8 Å². The minimum absolute atomic E-state index is 0.0957. The van der Waals surface area contributed by atoms with Crippen LogP contribution in [-0.4, -0.2) is 54.1 Å². The maximum Gasteiger partial charge on any atom is 0.421 e. The molecule has 3 heterocycles. The van der Waals surface area contributed by atoms with Crippen molar-refractivity contribution in [2.45, 2.75) is 6.18 Å². The van der Waals surface area contributed by atoms with Crippen molar-refractivity contribution in [2.24, 2.45) is 0 Å². The summed E-state index contributed by atoms with van der Waals surface area (Å²) >= 11 is 0. The first kappa shape index (κ1) is 25.7. The fourth-order valence-electron chi connectivity index (χ4n) is 3.62. The van der Waals surface area contributed by atoms with Gasteiger partial charge in [0.05, 0.1) is 7.11 Å². The van der Waals surface area contributed by atoms with Gasteiger partial charge in [-0.3, -0.25) is 4.79 Å². The molecule has 0 aliphatic carbocycles. The minimum Gasteiger partial charge on any atom is -0.479 e. The van der Waals surface area contributed by atoms with Gasteiger partial charge in [-0.2, -0.15) is 23.1 Å². The number of methoxy groups -OCH3 is 1. The van der Waals surface area contributed by atoms with E-state index in [2.05, 4.69) is 47.7 Å². The molecule has 1 saturated heterocycles. The topological polar surface area (TPSA) is 116 Å². The van der Waals surface area contributed by atoms with Crippen LogP contribution in [0.3, 0.4) is 0 Å². The van der Waals surface area contributed by atoms with Gasteiger partial charge in [0.15, 0.2) is 0 Å². The van der Waals surface area contributed by atoms with Crippen molar-refractivity contribution in [1.29, 1.82) is 0 Å². The van der Waals surface area contributed by atoms with E-state index in [-0.39, 0.29) is 17.5 Å². The number of ether oxygens (including phenoxy) is 1. The highest BCUT2D eigenvalue weighted by Gasteiger charge is 2.35. The van der Waals surface area contributed by atoms with Gasteiger partial charge in [-0.15, -0.1) is 0 Å². The fourth-order valence-corrected chi connectivity index (χ4v) is 3.62. The molecule has 4 N–H and O–H groups in total. The van der Waals surface area contributed by atoms with Crippen molar-refractivity contribution < 1.29 is 22.7 Å². The van der Waals surface area contributed by atoms with Gasteiger partial charge < -0.3 is 30.9 Å². The Hall–Kier alpha value is -4.39. The number of piperazine rings is 1. The smallest absolute Gasteiger partial charge is 0.421 e. The van der Waals surface area contributed by atoms with Gasteiger partial charge in [0.2, 0.25) is 17.7 Å². The Labute approximate surface area is 211 Å². The van der Waals surface area contributed by atoms with Crippen LogP contribution in [0.15, 0.2) is 55.3 Å². The van der Waals surface area contributed by atoms with Crippen molar-refractivity contribution in [3.8, 4) is 5.88 Å². The predicted octanol–water partition coefficient (Wildman–Crippen LogP) is 3.92. The first-order valence-corrected chi connectivity index (χ1v) is 11.3. The van der Waals surface area contributed by atoms with Crippen LogP contribution in [0.2, 0.25) is 0 Å². The van der Waals surface area contributed by atoms with E-state index in [1.165, 1.54) is 13.2 Å². The summed E-state index contributed by atoms with van der Waals surface area (Å²) in [7, 11) is 1.45. The number of amides is 1. The molecule has 37 heavy (non-hydrogen) atoms. The van der Waals surface area contributed by atoms with Gasteiger partial charge in [0.1, 0.15) is 22.9 Å². The number of hydrogen-bond donors (Lipinski definition) is 4. The van der Waals surface area contributed by atoms with Crippen LogP contribution in [0.4, 0.5) is 47.8 Å². The zero-order valence-electron chi connectivity index (χ0n) is 19.9. The molecule has 4 rings (SSSR count). The highest BCUT2D eigenvalue weighted by Crippen LogP contribution is 2.36. The number of nitrogens with zero attached hydrogens (tertiary/aromatic N) is 4. The van der Waals surface area contributed by atoms with E-state index in [9.17, 15) is 18.0 Å². The molecule has 194 valence electrons. The third-order valence-corrected chi connectivity index (χ3v) is 5.40. The van der Waals surface area contributed by atoms with Gasteiger partial charge >= 0.3 is 6.18 Å². The SMILES string of the molecule is C=CC(=O)Nc1cccc(Nc2nc(Nc3ccc(N4CCNCC4)nc3OC)ncc2C(F)(F)F)c1. The molecule has 0 saturated carbocycles. The maximum atomic E-state index is 13.7. The molecule has 0 spiro atoms. The van der Waals surface area contributed by atoms with E-state index in [0.717, 1.165) is 38.1 Å². The first-order valence-electron chi connectivity index (χ1n) is 11.3. The number of halogens is 3. The normalized spacial score (nSPS) is 13.6. The molecule has 0 radical (unpaired) electrons. The number of nitrogens with one attached hydrogen (secondary N) is 4. The summed E-state index contributed by atoms with van der Waals surface area (Å²) in [4.78, 5) is 26.1. The minimum atomic E-state index is -4.71. The van der Waals surface area contributed by atoms with Crippen LogP contribution in [0.5, 0.6) is 5.88 Å². The average molecular weight is 515 g/mol. The monoisotopic (exact) mass is 514 g/mol. The lowest BCUT2D eigenvalue weighted by Gasteiger charge is -2.28. The van der Waals surface area contributed by atoms with Crippen molar-refractivity contribution >= 4 is 40.6 Å². The molecule has 13 heteroatoms. The molecule has 10 nitrogen and oxygen atoms in total. The predicted molar refractivity (Wildman–Crippen MR) is 135 cm³/mol. The molecule has 1 aliphatic heterocycles. The summed E-state index contributed by atoms with van der Waals surface area (Å²) in [5.74, 6) is -0.0434. The van der Waals surface area contributed by atoms with Crippen molar-refractivity contribution in [3.63, 3.8) is 0 Å². The average Bonchev–Trinajstić information content (AvgIpc) is 2.89. The Morgan fingerprint density at radius 2 is 1.89 bits per heavy atom. The largest absolute Gasteiger partial charge is 0.479 e. The molecular weight excluding hydrogens is 489 g/mol. The van der Waals surface area contributed by atoms with E-state index in [1.807, 2.05) is 0 Å². The Kier molecular flexibility index (Phi) is 7.72. The standard InChI is InChI=1S/C24H25F3N8O2/c1-3-20(36)30-15-5-4-6-16(13-15)31-21-17(24(25,26)27)14-29-23(34-21)32-18-7-8-19(33-22(18)37-2)35-11-9-28-10-12-35/h3-8,13-14,28H,1,9-12H2,2H3,(H,30,36)(H2,29,31,32,34). The second-order valence-corrected chi connectivity index (χ2v) is 7.94. The summed E-state index contributed by atoms with van der Waals surface area (Å²) in [6.07, 6.45) is -2.93. The lowest BCUT2D eigenvalue weighted by Crippen LogP contribution is -2.43. The van der Waals surface area contributed by atoms with E-state index in [4.69, 9.17) is 4.74 Å². The number of pyridine rings is 1. The van der Waals surface area contributed by atoms with E-state index in [1.54, 1.807) is 30.3 Å². The number of hydrogen-bond acceptors (Lipinski definition) is 9. The van der Waals surface area contributed by atoms with Crippen LogP contribution < -0.4 is 30.9 Å². The molecule has 1 aromatic carbocycles. The Morgan fingerprint density at radius 3 is 2.59 bits per heavy atom. The number of alkyl halides is 3. The number of anilines is 6. The molecule has 2 aromatic heterocycles. The summed E-state index contributed by atoms with van der Waals surface area (Å²) in [5, 5.41) is 11.4. The zero-order chi connectivity index (χ0) is 26.4. The third-order valence-electron chi connectivity index (χ3n) is 5.40. The lowest BCUT2D eigenvalue weighted by atomic mass is 10.2. The highest BCUT2D eigenvalue weighted by atomic mass is 19.4. The van der Waals surface area contributed by atoms with Crippen molar-refractivity contribution in [1.82, 2.24) is 20.3 Å². The number of benzene rings is 1. The molecule has 0 bridgehead atoms. The molecule has 0 atom stereocenters. The van der Waals surface area contributed by atoms with E-state index in [0.29, 0.717) is 17.6 Å². The summed E-state index contributed by atoms with van der Waals surface area (Å²) < 4.78 is 46.5. The molecule has 3 aromatic rings. The van der Waals surface area contributed by atoms with Crippen LogP contribution in [0.1, 0.15) is 5.56 Å². The molecular formula is C24H25F3N8O2. The summed E-state index contributed by atoms with van der Waals surface area (Å²) in [5.41, 5.74) is -0.0214. The number of carbonyl (C=O) groups excluding carboxylic acids is 1. The summed E-state index contributed by atoms with van der Waals surface area (Å²) in [6.45, 7) is 6.63. The van der Waals surface area contributed by atoms with Gasteiger partial charge in [0.25, 0.3) is 0 Å². The number of aromatic nitrogens is 3. The van der Waals surface area contributed by atoms with Gasteiger partial charge in [-0.25, -0.2) is 4.98 Å². The third kappa shape index (κ3) is 6.44. The maximum absolute atomic E-state index is 13.7. The quantitative estimate of drug-likeness (QED) is 0.332. The highest BCUT2D eigenvalue weighted by molar-refractivity contribution is 5.99.